The summed E-state index contributed by atoms with van der Waals surface area (Å²) in [5, 5.41) is 0.237. The van der Waals surface area contributed by atoms with Crippen molar-refractivity contribution in [3.63, 3.8) is 0 Å². The van der Waals surface area contributed by atoms with Gasteiger partial charge in [-0.25, -0.2) is 18.1 Å². The zero-order valence-electron chi connectivity index (χ0n) is 9.15. The maximum atomic E-state index is 12.0. The normalized spacial score (nSPS) is 23.7. The molecule has 0 amide bonds. The van der Waals surface area contributed by atoms with Crippen molar-refractivity contribution in [1.29, 1.82) is 0 Å². The summed E-state index contributed by atoms with van der Waals surface area (Å²) in [6, 6.07) is 1.35. The van der Waals surface area contributed by atoms with Gasteiger partial charge < -0.3 is 0 Å². The Kier molecular flexibility index (Phi) is 3.63. The van der Waals surface area contributed by atoms with Gasteiger partial charge in [-0.05, 0) is 18.4 Å². The molecule has 4 nitrogen and oxygen atoms in total. The van der Waals surface area contributed by atoms with Crippen LogP contribution < -0.4 is 4.72 Å². The number of halogens is 2. The second-order valence-electron chi connectivity index (χ2n) is 4.08. The summed E-state index contributed by atoms with van der Waals surface area (Å²) >= 11 is 11.4. The molecule has 2 rings (SSSR count). The molecule has 0 aromatic carbocycles. The van der Waals surface area contributed by atoms with Crippen molar-refractivity contribution in [2.24, 2.45) is 5.92 Å². The molecule has 0 saturated heterocycles. The van der Waals surface area contributed by atoms with Crippen molar-refractivity contribution in [2.75, 3.05) is 0 Å². The molecule has 1 heterocycles. The van der Waals surface area contributed by atoms with Crippen molar-refractivity contribution in [3.8, 4) is 0 Å². The smallest absolute Gasteiger partial charge is 0.242 e. The summed E-state index contributed by atoms with van der Waals surface area (Å²) in [6.07, 6.45) is 3.08. The molecule has 7 heteroatoms. The molecular weight excluding hydrogens is 283 g/mol. The van der Waals surface area contributed by atoms with Gasteiger partial charge in [0, 0.05) is 12.2 Å². The molecule has 1 aromatic heterocycles. The van der Waals surface area contributed by atoms with Crippen LogP contribution in [0.1, 0.15) is 19.8 Å². The lowest BCUT2D eigenvalue weighted by Gasteiger charge is -2.06. The van der Waals surface area contributed by atoms with E-state index >= 15 is 0 Å². The van der Waals surface area contributed by atoms with Gasteiger partial charge in [0.25, 0.3) is 0 Å². The highest BCUT2D eigenvalue weighted by molar-refractivity contribution is 7.89. The van der Waals surface area contributed by atoms with E-state index in [0.29, 0.717) is 5.92 Å². The van der Waals surface area contributed by atoms with Crippen molar-refractivity contribution in [3.05, 3.63) is 22.4 Å². The molecular formula is C10H12Cl2N2O2S. The first kappa shape index (κ1) is 13.1. The maximum Gasteiger partial charge on any atom is 0.242 e. The van der Waals surface area contributed by atoms with Gasteiger partial charge in [-0.3, -0.25) is 0 Å². The lowest BCUT2D eigenvalue weighted by Crippen LogP contribution is -2.27. The topological polar surface area (TPSA) is 59.1 Å². The van der Waals surface area contributed by atoms with Gasteiger partial charge in [0.2, 0.25) is 10.0 Å². The van der Waals surface area contributed by atoms with E-state index in [1.165, 1.54) is 12.3 Å². The Balaban J connectivity index is 2.17. The van der Waals surface area contributed by atoms with Crippen LogP contribution in [0.5, 0.6) is 0 Å². The molecule has 0 radical (unpaired) electrons. The number of nitrogens with one attached hydrogen (secondary N) is 1. The van der Waals surface area contributed by atoms with Crippen LogP contribution in [0.25, 0.3) is 0 Å². The fraction of sp³-hybridized carbons (Fsp3) is 0.500. The zero-order chi connectivity index (χ0) is 12.6. The molecule has 0 spiro atoms. The third kappa shape index (κ3) is 2.91. The van der Waals surface area contributed by atoms with Gasteiger partial charge in [0.05, 0.1) is 5.02 Å². The number of rotatable bonds is 4. The monoisotopic (exact) mass is 294 g/mol. The molecule has 2 unspecified atom stereocenters. The minimum Gasteiger partial charge on any atom is -0.242 e. The Morgan fingerprint density at radius 1 is 1.53 bits per heavy atom. The molecule has 0 aliphatic heterocycles. The highest BCUT2D eigenvalue weighted by atomic mass is 35.5. The molecule has 1 N–H and O–H groups in total. The van der Waals surface area contributed by atoms with Gasteiger partial charge in [-0.15, -0.1) is 0 Å². The van der Waals surface area contributed by atoms with Crippen LogP contribution in [0.2, 0.25) is 10.2 Å². The fourth-order valence-corrected chi connectivity index (χ4v) is 3.28. The highest BCUT2D eigenvalue weighted by Crippen LogP contribution is 2.34. The Labute approximate surface area is 110 Å². The third-order valence-electron chi connectivity index (χ3n) is 2.83. The van der Waals surface area contributed by atoms with Crippen LogP contribution in [0, 0.1) is 5.92 Å². The first-order chi connectivity index (χ1) is 7.94. The molecule has 1 fully saturated rings. The third-order valence-corrected chi connectivity index (χ3v) is 4.98. The van der Waals surface area contributed by atoms with E-state index < -0.39 is 10.0 Å². The quantitative estimate of drug-likeness (QED) is 0.868. The summed E-state index contributed by atoms with van der Waals surface area (Å²) in [4.78, 5) is 3.78. The molecule has 1 aliphatic carbocycles. The summed E-state index contributed by atoms with van der Waals surface area (Å²) in [5.74, 6) is 0.445. The first-order valence-electron chi connectivity index (χ1n) is 5.27. The van der Waals surface area contributed by atoms with Crippen LogP contribution >= 0.6 is 23.2 Å². The first-order valence-corrected chi connectivity index (χ1v) is 7.51. The minimum absolute atomic E-state index is 0.0412. The van der Waals surface area contributed by atoms with Crippen LogP contribution in [-0.2, 0) is 10.0 Å². The number of pyridine rings is 1. The molecule has 2 atom stereocenters. The average Bonchev–Trinajstić information content (AvgIpc) is 2.99. The number of sulfonamides is 1. The molecule has 94 valence electrons. The number of nitrogens with zero attached hydrogens (tertiary/aromatic N) is 1. The van der Waals surface area contributed by atoms with Crippen LogP contribution in [-0.4, -0.2) is 19.4 Å². The molecule has 17 heavy (non-hydrogen) atoms. The lowest BCUT2D eigenvalue weighted by atomic mass is 10.3. The van der Waals surface area contributed by atoms with Crippen LogP contribution in [0.4, 0.5) is 0 Å². The molecule has 1 aliphatic rings. The van der Waals surface area contributed by atoms with Crippen molar-refractivity contribution < 1.29 is 8.42 Å². The van der Waals surface area contributed by atoms with E-state index in [0.717, 1.165) is 12.8 Å². The Hall–Kier alpha value is -0.360. The minimum atomic E-state index is -3.53. The standard InChI is InChI=1S/C10H12Cl2N2O2S/c1-2-6-3-9(6)14-17(15,16)7-4-8(11)10(12)13-5-7/h4-6,9,14H,2-3H2,1H3. The second kappa shape index (κ2) is 4.72. The van der Waals surface area contributed by atoms with E-state index in [1.807, 2.05) is 6.92 Å². The van der Waals surface area contributed by atoms with Crippen LogP contribution in [0.3, 0.4) is 0 Å². The molecule has 0 bridgehead atoms. The maximum absolute atomic E-state index is 12.0. The Bertz CT molecular complexity index is 533. The van der Waals surface area contributed by atoms with Crippen molar-refractivity contribution in [2.45, 2.75) is 30.7 Å². The number of hydrogen-bond donors (Lipinski definition) is 1. The van der Waals surface area contributed by atoms with Gasteiger partial charge in [0.1, 0.15) is 10.0 Å². The van der Waals surface area contributed by atoms with E-state index in [4.69, 9.17) is 23.2 Å². The number of aromatic nitrogens is 1. The van der Waals surface area contributed by atoms with Crippen molar-refractivity contribution in [1.82, 2.24) is 9.71 Å². The SMILES string of the molecule is CCC1CC1NS(=O)(=O)c1cnc(Cl)c(Cl)c1. The average molecular weight is 295 g/mol. The number of hydrogen-bond acceptors (Lipinski definition) is 3. The van der Waals surface area contributed by atoms with E-state index in [9.17, 15) is 8.42 Å². The Morgan fingerprint density at radius 3 is 2.76 bits per heavy atom. The predicted molar refractivity (Wildman–Crippen MR) is 66.8 cm³/mol. The van der Waals surface area contributed by atoms with Gasteiger partial charge in [0.15, 0.2) is 0 Å². The lowest BCUT2D eigenvalue weighted by molar-refractivity contribution is 0.575. The summed E-state index contributed by atoms with van der Waals surface area (Å²) < 4.78 is 26.5. The summed E-state index contributed by atoms with van der Waals surface area (Å²) in [6.45, 7) is 2.04. The molecule has 1 saturated carbocycles. The predicted octanol–water partition coefficient (Wildman–Crippen LogP) is 2.47. The highest BCUT2D eigenvalue weighted by Gasteiger charge is 2.38. The van der Waals surface area contributed by atoms with E-state index in [1.54, 1.807) is 0 Å². The second-order valence-corrected chi connectivity index (χ2v) is 6.55. The van der Waals surface area contributed by atoms with E-state index in [-0.39, 0.29) is 21.1 Å². The summed E-state index contributed by atoms with van der Waals surface area (Å²) in [5.41, 5.74) is 0. The van der Waals surface area contributed by atoms with Crippen LogP contribution in [0.15, 0.2) is 17.2 Å². The largest absolute Gasteiger partial charge is 0.242 e. The van der Waals surface area contributed by atoms with Crippen molar-refractivity contribution >= 4 is 33.2 Å². The van der Waals surface area contributed by atoms with E-state index in [2.05, 4.69) is 9.71 Å². The fourth-order valence-electron chi connectivity index (χ4n) is 1.66. The Morgan fingerprint density at radius 2 is 2.24 bits per heavy atom. The van der Waals surface area contributed by atoms with Gasteiger partial charge >= 0.3 is 0 Å². The summed E-state index contributed by atoms with van der Waals surface area (Å²) in [7, 11) is -3.53. The zero-order valence-corrected chi connectivity index (χ0v) is 11.5. The molecule has 1 aromatic rings. The van der Waals surface area contributed by atoms with Gasteiger partial charge in [-0.2, -0.15) is 0 Å². The van der Waals surface area contributed by atoms with Gasteiger partial charge in [-0.1, -0.05) is 36.5 Å².